The van der Waals surface area contributed by atoms with Gasteiger partial charge in [0.15, 0.2) is 5.69 Å². The molecule has 42 heavy (non-hydrogen) atoms. The third-order valence-electron chi connectivity index (χ3n) is 6.39. The molecule has 11 heteroatoms. The molecule has 1 amide bonds. The first-order chi connectivity index (χ1) is 18.8. The number of nitrogens with one attached hydrogen (secondary N) is 1. The Morgan fingerprint density at radius 2 is 1.74 bits per heavy atom. The summed E-state index contributed by atoms with van der Waals surface area (Å²) in [5.74, 6) is 3.23. The Kier molecular flexibility index (Phi) is 17.3. The van der Waals surface area contributed by atoms with E-state index in [9.17, 15) is 4.79 Å². The summed E-state index contributed by atoms with van der Waals surface area (Å²) in [4.78, 5) is 16.8. The number of halogens is 4. The monoisotopic (exact) mass is 733 g/mol. The van der Waals surface area contributed by atoms with E-state index < -0.39 is 0 Å². The molecular weight excluding hydrogens is 701 g/mol. The number of aromatic nitrogens is 4. The SMILES string of the molecule is C[C]1[CH][CH][C](C(C)C)[CH][CH]1.O=C(NCCCn1ccnc1)c1nn(Cc2ccc(Cl)cc2Cl)c2ccccc12.[Cl-].[Cl-].[Ru+2]. The van der Waals surface area contributed by atoms with E-state index in [0.29, 0.717) is 34.7 Å². The zero-order valence-electron chi connectivity index (χ0n) is 23.6. The Hall–Kier alpha value is -1.63. The van der Waals surface area contributed by atoms with Gasteiger partial charge in [0, 0.05) is 40.9 Å². The van der Waals surface area contributed by atoms with Gasteiger partial charge in [-0.2, -0.15) is 5.10 Å². The topological polar surface area (TPSA) is 64.7 Å². The molecule has 0 aliphatic heterocycles. The first kappa shape index (κ1) is 38.4. The number of aryl methyl sites for hydroxylation is 1. The molecular formula is C31H33Cl4N5ORu. The maximum Gasteiger partial charge on any atom is 2.00 e. The molecule has 224 valence electrons. The van der Waals surface area contributed by atoms with Crippen LogP contribution in [-0.4, -0.2) is 31.8 Å². The van der Waals surface area contributed by atoms with Crippen molar-refractivity contribution in [1.29, 1.82) is 0 Å². The molecule has 2 aromatic carbocycles. The summed E-state index contributed by atoms with van der Waals surface area (Å²) < 4.78 is 3.77. The fraction of sp³-hybridized carbons (Fsp3) is 0.258. The Labute approximate surface area is 284 Å². The van der Waals surface area contributed by atoms with Crippen LogP contribution in [0.4, 0.5) is 0 Å². The van der Waals surface area contributed by atoms with Gasteiger partial charge in [-0.05, 0) is 73.6 Å². The molecule has 6 radical (unpaired) electrons. The second-order valence-electron chi connectivity index (χ2n) is 9.73. The van der Waals surface area contributed by atoms with Crippen molar-refractivity contribution in [3.8, 4) is 0 Å². The van der Waals surface area contributed by atoms with E-state index >= 15 is 0 Å². The van der Waals surface area contributed by atoms with Crippen LogP contribution in [0.2, 0.25) is 10.0 Å². The number of amides is 1. The summed E-state index contributed by atoms with van der Waals surface area (Å²) >= 11 is 12.3. The van der Waals surface area contributed by atoms with E-state index in [2.05, 4.69) is 61.9 Å². The van der Waals surface area contributed by atoms with Gasteiger partial charge in [0.1, 0.15) is 0 Å². The number of carbonyl (C=O) groups excluding carboxylic acids is 1. The van der Waals surface area contributed by atoms with Crippen LogP contribution in [0.25, 0.3) is 10.9 Å². The number of carbonyl (C=O) groups is 1. The van der Waals surface area contributed by atoms with Gasteiger partial charge in [-0.25, -0.2) is 4.98 Å². The summed E-state index contributed by atoms with van der Waals surface area (Å²) in [7, 11) is 0. The van der Waals surface area contributed by atoms with Crippen molar-refractivity contribution in [2.45, 2.75) is 40.3 Å². The van der Waals surface area contributed by atoms with Crippen molar-refractivity contribution in [3.05, 3.63) is 120 Å². The summed E-state index contributed by atoms with van der Waals surface area (Å²) in [5.41, 5.74) is 2.17. The van der Waals surface area contributed by atoms with Crippen LogP contribution >= 0.6 is 23.2 Å². The molecule has 2 aromatic heterocycles. The molecule has 1 fully saturated rings. The Bertz CT molecular complexity index is 1350. The number of hydrogen-bond donors (Lipinski definition) is 1. The molecule has 1 N–H and O–H groups in total. The fourth-order valence-electron chi connectivity index (χ4n) is 4.14. The van der Waals surface area contributed by atoms with E-state index in [1.54, 1.807) is 29.3 Å². The molecule has 0 atom stereocenters. The van der Waals surface area contributed by atoms with Crippen molar-refractivity contribution < 1.29 is 49.1 Å². The summed E-state index contributed by atoms with van der Waals surface area (Å²) in [6.07, 6.45) is 14.9. The van der Waals surface area contributed by atoms with Crippen LogP contribution in [0.5, 0.6) is 0 Å². The summed E-state index contributed by atoms with van der Waals surface area (Å²) in [6, 6.07) is 13.1. The Morgan fingerprint density at radius 3 is 2.38 bits per heavy atom. The average Bonchev–Trinajstić information content (AvgIpc) is 3.57. The molecule has 1 aliphatic rings. The fourth-order valence-corrected chi connectivity index (χ4v) is 4.61. The van der Waals surface area contributed by atoms with Crippen molar-refractivity contribution in [2.24, 2.45) is 5.92 Å². The normalized spacial score (nSPS) is 13.4. The van der Waals surface area contributed by atoms with Gasteiger partial charge in [0.2, 0.25) is 0 Å². The van der Waals surface area contributed by atoms with E-state index in [0.717, 1.165) is 29.4 Å². The number of hydrogen-bond acceptors (Lipinski definition) is 3. The van der Waals surface area contributed by atoms with Crippen LogP contribution < -0.4 is 30.1 Å². The van der Waals surface area contributed by atoms with Gasteiger partial charge in [0.25, 0.3) is 5.91 Å². The summed E-state index contributed by atoms with van der Waals surface area (Å²) in [5, 5.41) is 9.50. The number of nitrogens with zero attached hydrogens (tertiary/aromatic N) is 4. The minimum absolute atomic E-state index is 0. The van der Waals surface area contributed by atoms with E-state index in [1.807, 2.05) is 41.1 Å². The number of imidazole rings is 1. The van der Waals surface area contributed by atoms with E-state index in [1.165, 1.54) is 11.8 Å². The van der Waals surface area contributed by atoms with Gasteiger partial charge >= 0.3 is 19.5 Å². The Morgan fingerprint density at radius 1 is 1.02 bits per heavy atom. The molecule has 0 unspecified atom stereocenters. The minimum Gasteiger partial charge on any atom is -1.00 e. The van der Waals surface area contributed by atoms with Crippen LogP contribution in [0.15, 0.2) is 61.2 Å². The van der Waals surface area contributed by atoms with Crippen LogP contribution in [-0.2, 0) is 32.6 Å². The van der Waals surface area contributed by atoms with Gasteiger partial charge < -0.3 is 34.7 Å². The molecule has 0 bridgehead atoms. The molecule has 6 nitrogen and oxygen atoms in total. The number of rotatable bonds is 8. The molecule has 1 aliphatic carbocycles. The van der Waals surface area contributed by atoms with Gasteiger partial charge in [0.05, 0.1) is 18.4 Å². The van der Waals surface area contributed by atoms with Crippen LogP contribution in [0.1, 0.15) is 43.2 Å². The van der Waals surface area contributed by atoms with Crippen molar-refractivity contribution >= 4 is 40.0 Å². The Balaban J connectivity index is 0.000000583. The standard InChI is InChI=1S/C21H19Cl2N5O.C10H14.2ClH.Ru/c22-16-7-6-15(18(23)12-16)13-28-19-5-2-1-4-17(19)20(26-28)21(29)25-8-3-10-27-11-9-24-14-27;1-8(2)10-6-4-9(3)5-7-10;;;/h1-2,4-7,9,11-12,14H,3,8,10,13H2,(H,25,29);4-8H,1-3H3;2*1H;/q;;;;+2/p-2. The van der Waals surface area contributed by atoms with Crippen LogP contribution in [0, 0.1) is 43.4 Å². The zero-order valence-corrected chi connectivity index (χ0v) is 28.3. The maximum absolute atomic E-state index is 12.7. The van der Waals surface area contributed by atoms with Crippen molar-refractivity contribution in [3.63, 3.8) is 0 Å². The predicted molar refractivity (Wildman–Crippen MR) is 159 cm³/mol. The molecule has 0 spiro atoms. The number of para-hydroxylation sites is 1. The van der Waals surface area contributed by atoms with Crippen molar-refractivity contribution in [1.82, 2.24) is 24.6 Å². The van der Waals surface area contributed by atoms with Crippen LogP contribution in [0.3, 0.4) is 0 Å². The second kappa shape index (κ2) is 18.9. The zero-order chi connectivity index (χ0) is 27.8. The van der Waals surface area contributed by atoms with E-state index in [4.69, 9.17) is 23.2 Å². The first-order valence-corrected chi connectivity index (χ1v) is 13.8. The summed E-state index contributed by atoms with van der Waals surface area (Å²) in [6.45, 7) is 8.34. The van der Waals surface area contributed by atoms with Gasteiger partial charge in [-0.3, -0.25) is 9.48 Å². The average molecular weight is 735 g/mol. The molecule has 4 aromatic rings. The van der Waals surface area contributed by atoms with Crippen molar-refractivity contribution in [2.75, 3.05) is 6.54 Å². The van der Waals surface area contributed by atoms with Gasteiger partial charge in [-0.15, -0.1) is 0 Å². The second-order valence-corrected chi connectivity index (χ2v) is 10.6. The van der Waals surface area contributed by atoms with Gasteiger partial charge in [-0.1, -0.05) is 68.2 Å². The molecule has 2 heterocycles. The molecule has 5 rings (SSSR count). The maximum atomic E-state index is 12.7. The van der Waals surface area contributed by atoms with E-state index in [-0.39, 0.29) is 50.2 Å². The smallest absolute Gasteiger partial charge is 1.00 e. The quantitative estimate of drug-likeness (QED) is 0.218. The third-order valence-corrected chi connectivity index (χ3v) is 6.98. The largest absolute Gasteiger partial charge is 2.00 e. The molecule has 1 saturated carbocycles. The minimum atomic E-state index is -0.187. The predicted octanol–water partition coefficient (Wildman–Crippen LogP) is 1.06. The number of fused-ring (bicyclic) bond motifs is 1. The number of benzene rings is 2. The molecule has 0 saturated heterocycles. The third kappa shape index (κ3) is 10.8. The first-order valence-electron chi connectivity index (χ1n) is 13.0.